The van der Waals surface area contributed by atoms with Gasteiger partial charge in [-0.15, -0.1) is 0 Å². The molecule has 2 aromatic rings. The Morgan fingerprint density at radius 1 is 1.10 bits per heavy atom. The third-order valence-electron chi connectivity index (χ3n) is 4.63. The molecular formula is C20H22. The predicted molar refractivity (Wildman–Crippen MR) is 90.2 cm³/mol. The summed E-state index contributed by atoms with van der Waals surface area (Å²) in [6, 6.07) is 8.54. The van der Waals surface area contributed by atoms with Crippen molar-refractivity contribution < 1.29 is 0 Å². The van der Waals surface area contributed by atoms with E-state index in [9.17, 15) is 0 Å². The second-order valence-electron chi connectivity index (χ2n) is 5.77. The summed E-state index contributed by atoms with van der Waals surface area (Å²) in [4.78, 5) is 0. The fourth-order valence-corrected chi connectivity index (χ4v) is 3.52. The number of hydrogen-bond donors (Lipinski definition) is 0. The summed E-state index contributed by atoms with van der Waals surface area (Å²) in [5.74, 6) is 0.618. The van der Waals surface area contributed by atoms with E-state index in [2.05, 4.69) is 56.5 Å². The number of fused-ring (bicyclic) bond motifs is 2. The van der Waals surface area contributed by atoms with Crippen LogP contribution in [0.15, 0.2) is 30.3 Å². The number of benzene rings is 2. The van der Waals surface area contributed by atoms with Crippen LogP contribution in [-0.2, 0) is 0 Å². The van der Waals surface area contributed by atoms with Crippen molar-refractivity contribution in [3.8, 4) is 0 Å². The number of allylic oxidation sites excluding steroid dienone is 1. The molecule has 0 nitrogen and oxygen atoms in total. The maximum atomic E-state index is 4.41. The highest BCUT2D eigenvalue weighted by molar-refractivity contribution is 5.87. The first-order chi connectivity index (χ1) is 9.74. The van der Waals surface area contributed by atoms with Crippen molar-refractivity contribution in [2.24, 2.45) is 0 Å². The smallest absolute Gasteiger partial charge is 0.0105 e. The Morgan fingerprint density at radius 3 is 2.50 bits per heavy atom. The minimum Gasteiger partial charge on any atom is -0.0908 e. The molecule has 0 heteroatoms. The molecule has 0 aliphatic heterocycles. The Labute approximate surface area is 121 Å². The molecule has 0 radical (unpaired) electrons. The molecule has 102 valence electrons. The van der Waals surface area contributed by atoms with Crippen LogP contribution in [0.1, 0.15) is 49.7 Å². The summed E-state index contributed by atoms with van der Waals surface area (Å²) < 4.78 is 0. The molecule has 0 aromatic heterocycles. The molecule has 0 amide bonds. The van der Waals surface area contributed by atoms with Crippen LogP contribution in [0.2, 0.25) is 0 Å². The topological polar surface area (TPSA) is 0 Å². The van der Waals surface area contributed by atoms with Gasteiger partial charge in [0.1, 0.15) is 0 Å². The lowest BCUT2D eigenvalue weighted by Gasteiger charge is -2.22. The van der Waals surface area contributed by atoms with Crippen molar-refractivity contribution in [2.45, 2.75) is 38.5 Å². The SMILES string of the molecule is C=c1c2c(c(=C)c3ccccc13)C(CC)CCCC=C2. The summed E-state index contributed by atoms with van der Waals surface area (Å²) >= 11 is 0. The van der Waals surface area contributed by atoms with Crippen LogP contribution in [0.5, 0.6) is 0 Å². The average molecular weight is 262 g/mol. The van der Waals surface area contributed by atoms with Crippen molar-refractivity contribution in [3.63, 3.8) is 0 Å². The predicted octanol–water partition coefficient (Wildman–Crippen LogP) is 4.35. The zero-order chi connectivity index (χ0) is 14.1. The molecule has 0 fully saturated rings. The molecule has 2 aromatic carbocycles. The largest absolute Gasteiger partial charge is 0.0908 e. The first-order valence-corrected chi connectivity index (χ1v) is 7.63. The van der Waals surface area contributed by atoms with Crippen molar-refractivity contribution >= 4 is 30.0 Å². The summed E-state index contributed by atoms with van der Waals surface area (Å²) in [6.07, 6.45) is 9.46. The van der Waals surface area contributed by atoms with Crippen LogP contribution in [0.3, 0.4) is 0 Å². The third-order valence-corrected chi connectivity index (χ3v) is 4.63. The quantitative estimate of drug-likeness (QED) is 0.716. The normalized spacial score (nSPS) is 18.6. The highest BCUT2D eigenvalue weighted by Gasteiger charge is 2.17. The van der Waals surface area contributed by atoms with Crippen LogP contribution in [0.4, 0.5) is 0 Å². The fraction of sp³-hybridized carbons (Fsp3) is 0.300. The first kappa shape index (κ1) is 13.2. The molecule has 0 saturated heterocycles. The van der Waals surface area contributed by atoms with Crippen LogP contribution in [0.25, 0.3) is 30.0 Å². The number of rotatable bonds is 1. The van der Waals surface area contributed by atoms with E-state index in [4.69, 9.17) is 0 Å². The lowest BCUT2D eigenvalue weighted by atomic mass is 9.82. The molecule has 0 saturated carbocycles. The lowest BCUT2D eigenvalue weighted by Crippen LogP contribution is -2.23. The maximum Gasteiger partial charge on any atom is -0.0105 e. The molecule has 20 heavy (non-hydrogen) atoms. The number of hydrogen-bond acceptors (Lipinski definition) is 0. The van der Waals surface area contributed by atoms with Crippen molar-refractivity contribution in [2.75, 3.05) is 0 Å². The van der Waals surface area contributed by atoms with Gasteiger partial charge in [-0.2, -0.15) is 0 Å². The van der Waals surface area contributed by atoms with Gasteiger partial charge >= 0.3 is 0 Å². The van der Waals surface area contributed by atoms with E-state index >= 15 is 0 Å². The average Bonchev–Trinajstić information content (AvgIpc) is 2.45. The van der Waals surface area contributed by atoms with Gasteiger partial charge in [0, 0.05) is 0 Å². The monoisotopic (exact) mass is 262 g/mol. The highest BCUT2D eigenvalue weighted by Crippen LogP contribution is 2.28. The van der Waals surface area contributed by atoms with E-state index in [0.29, 0.717) is 5.92 Å². The fourth-order valence-electron chi connectivity index (χ4n) is 3.52. The molecule has 1 aliphatic carbocycles. The van der Waals surface area contributed by atoms with E-state index < -0.39 is 0 Å². The summed E-state index contributed by atoms with van der Waals surface area (Å²) in [5, 5.41) is 4.89. The summed E-state index contributed by atoms with van der Waals surface area (Å²) in [7, 11) is 0. The second-order valence-corrected chi connectivity index (χ2v) is 5.77. The van der Waals surface area contributed by atoms with Crippen LogP contribution < -0.4 is 10.4 Å². The van der Waals surface area contributed by atoms with Crippen molar-refractivity contribution in [1.82, 2.24) is 0 Å². The Kier molecular flexibility index (Phi) is 3.48. The van der Waals surface area contributed by atoms with Gasteiger partial charge in [0.05, 0.1) is 0 Å². The molecule has 0 heterocycles. The molecule has 1 atom stereocenters. The van der Waals surface area contributed by atoms with Gasteiger partial charge < -0.3 is 0 Å². The maximum absolute atomic E-state index is 4.41. The molecule has 3 rings (SSSR count). The minimum absolute atomic E-state index is 0.618. The Balaban J connectivity index is 2.46. The standard InChI is InChI=1S/C20H22/c1-4-16-10-6-5-7-13-19-14(2)17-11-8-9-12-18(17)15(3)20(16)19/h7-9,11-13,16H,2-6,10H2,1H3. The van der Waals surface area contributed by atoms with Crippen molar-refractivity contribution in [1.29, 1.82) is 0 Å². The summed E-state index contributed by atoms with van der Waals surface area (Å²) in [5.41, 5.74) is 2.76. The Bertz CT molecular complexity index is 765. The molecule has 0 bridgehead atoms. The van der Waals surface area contributed by atoms with Crippen LogP contribution >= 0.6 is 0 Å². The molecule has 0 N–H and O–H groups in total. The Hall–Kier alpha value is -1.82. The van der Waals surface area contributed by atoms with Gasteiger partial charge in [0.25, 0.3) is 0 Å². The zero-order valence-corrected chi connectivity index (χ0v) is 12.3. The van der Waals surface area contributed by atoms with Gasteiger partial charge in [-0.05, 0) is 63.9 Å². The zero-order valence-electron chi connectivity index (χ0n) is 12.3. The second kappa shape index (κ2) is 5.28. The van der Waals surface area contributed by atoms with E-state index in [1.165, 1.54) is 58.0 Å². The van der Waals surface area contributed by atoms with Gasteiger partial charge in [-0.25, -0.2) is 0 Å². The van der Waals surface area contributed by atoms with Gasteiger partial charge in [0.15, 0.2) is 0 Å². The van der Waals surface area contributed by atoms with E-state index in [0.717, 1.165) is 0 Å². The van der Waals surface area contributed by atoms with Gasteiger partial charge in [0.2, 0.25) is 0 Å². The minimum atomic E-state index is 0.618. The molecule has 1 aliphatic rings. The first-order valence-electron chi connectivity index (χ1n) is 7.63. The highest BCUT2D eigenvalue weighted by atomic mass is 14.2. The third kappa shape index (κ3) is 2.00. The van der Waals surface area contributed by atoms with Crippen LogP contribution in [0, 0.1) is 0 Å². The van der Waals surface area contributed by atoms with E-state index in [1.54, 1.807) is 0 Å². The van der Waals surface area contributed by atoms with E-state index in [1.807, 2.05) is 0 Å². The van der Waals surface area contributed by atoms with Gasteiger partial charge in [-0.3, -0.25) is 0 Å². The lowest BCUT2D eigenvalue weighted by molar-refractivity contribution is 0.575. The Morgan fingerprint density at radius 2 is 1.80 bits per heavy atom. The van der Waals surface area contributed by atoms with Gasteiger partial charge in [-0.1, -0.05) is 56.5 Å². The molecular weight excluding hydrogens is 240 g/mol. The van der Waals surface area contributed by atoms with E-state index in [-0.39, 0.29) is 0 Å². The summed E-state index contributed by atoms with van der Waals surface area (Å²) in [6.45, 7) is 11.1. The van der Waals surface area contributed by atoms with Crippen LogP contribution in [-0.4, -0.2) is 0 Å². The molecule has 0 spiro atoms. The van der Waals surface area contributed by atoms with Crippen molar-refractivity contribution in [3.05, 3.63) is 51.9 Å². The molecule has 1 unspecified atom stereocenters.